The Labute approximate surface area is 136 Å². The van der Waals surface area contributed by atoms with Gasteiger partial charge in [-0.15, -0.1) is 0 Å². The molecule has 1 N–H and O–H groups in total. The highest BCUT2D eigenvalue weighted by molar-refractivity contribution is 6.31. The third kappa shape index (κ3) is 3.96. The van der Waals surface area contributed by atoms with Crippen LogP contribution in [0.2, 0.25) is 5.02 Å². The van der Waals surface area contributed by atoms with E-state index >= 15 is 0 Å². The van der Waals surface area contributed by atoms with Crippen molar-refractivity contribution in [2.75, 3.05) is 12.4 Å². The number of ether oxygens (including phenoxy) is 1. The fourth-order valence-corrected chi connectivity index (χ4v) is 2.27. The van der Waals surface area contributed by atoms with Gasteiger partial charge in [-0.25, -0.2) is 0 Å². The normalized spacial score (nSPS) is 11.2. The summed E-state index contributed by atoms with van der Waals surface area (Å²) in [4.78, 5) is 12.1. The largest absolute Gasteiger partial charge is 0.496 e. The Morgan fingerprint density at radius 1 is 1.17 bits per heavy atom. The summed E-state index contributed by atoms with van der Waals surface area (Å²) in [6.45, 7) is 1.76. The van der Waals surface area contributed by atoms with Gasteiger partial charge >= 0.3 is 6.18 Å². The molecule has 0 atom stereocenters. The molecule has 23 heavy (non-hydrogen) atoms. The Morgan fingerprint density at radius 2 is 1.87 bits per heavy atom. The molecule has 0 saturated heterocycles. The van der Waals surface area contributed by atoms with Crippen LogP contribution in [0.15, 0.2) is 36.4 Å². The summed E-state index contributed by atoms with van der Waals surface area (Å²) in [6.07, 6.45) is -4.59. The third-order valence-corrected chi connectivity index (χ3v) is 3.52. The van der Waals surface area contributed by atoms with Crippen LogP contribution in [0.1, 0.15) is 21.5 Å². The quantitative estimate of drug-likeness (QED) is 0.858. The number of alkyl halides is 3. The predicted octanol–water partition coefficient (Wildman–Crippen LogP) is 4.93. The number of methoxy groups -OCH3 is 1. The first-order chi connectivity index (χ1) is 10.7. The summed E-state index contributed by atoms with van der Waals surface area (Å²) in [5, 5.41) is 2.00. The molecule has 0 aromatic heterocycles. The van der Waals surface area contributed by atoms with Gasteiger partial charge in [-0.3, -0.25) is 4.79 Å². The summed E-state index contributed by atoms with van der Waals surface area (Å²) in [5.41, 5.74) is 0.0714. The minimum absolute atomic E-state index is 0.0141. The highest BCUT2D eigenvalue weighted by atomic mass is 35.5. The molecule has 2 rings (SSSR count). The maximum atomic E-state index is 12.8. The van der Waals surface area contributed by atoms with Crippen LogP contribution in [-0.4, -0.2) is 13.0 Å². The van der Waals surface area contributed by atoms with Crippen LogP contribution < -0.4 is 10.1 Å². The monoisotopic (exact) mass is 343 g/mol. The molecule has 2 aromatic carbocycles. The van der Waals surface area contributed by atoms with E-state index in [4.69, 9.17) is 16.3 Å². The van der Waals surface area contributed by atoms with E-state index in [1.165, 1.54) is 19.2 Å². The van der Waals surface area contributed by atoms with Gasteiger partial charge in [-0.05, 0) is 48.9 Å². The molecule has 2 aromatic rings. The van der Waals surface area contributed by atoms with Crippen LogP contribution in [0.5, 0.6) is 5.75 Å². The molecule has 0 fully saturated rings. The molecule has 0 radical (unpaired) electrons. The number of halogens is 4. The summed E-state index contributed by atoms with van der Waals surface area (Å²) >= 11 is 5.54. The number of amides is 1. The van der Waals surface area contributed by atoms with Gasteiger partial charge < -0.3 is 10.1 Å². The number of hydrogen-bond donors (Lipinski definition) is 1. The van der Waals surface area contributed by atoms with Gasteiger partial charge in [-0.1, -0.05) is 11.6 Å². The van der Waals surface area contributed by atoms with Gasteiger partial charge in [0.2, 0.25) is 0 Å². The summed E-state index contributed by atoms with van der Waals surface area (Å²) in [5.74, 6) is 0.0959. The first kappa shape index (κ1) is 17.1. The Balaban J connectivity index is 2.25. The number of anilines is 1. The predicted molar refractivity (Wildman–Crippen MR) is 82.1 cm³/mol. The van der Waals surface area contributed by atoms with Crippen molar-refractivity contribution in [2.24, 2.45) is 0 Å². The van der Waals surface area contributed by atoms with Crippen molar-refractivity contribution in [3.63, 3.8) is 0 Å². The van der Waals surface area contributed by atoms with E-state index < -0.39 is 22.7 Å². The fourth-order valence-electron chi connectivity index (χ4n) is 2.04. The molecule has 1 amide bonds. The number of nitrogens with one attached hydrogen (secondary N) is 1. The molecular formula is C16H13ClF3NO2. The number of hydrogen-bond acceptors (Lipinski definition) is 2. The summed E-state index contributed by atoms with van der Waals surface area (Å²) < 4.78 is 43.5. The Bertz CT molecular complexity index is 745. The minimum atomic E-state index is -4.59. The zero-order chi connectivity index (χ0) is 17.2. The number of carbonyl (C=O) groups is 1. The van der Waals surface area contributed by atoms with E-state index in [1.54, 1.807) is 19.1 Å². The van der Waals surface area contributed by atoms with Gasteiger partial charge in [0.25, 0.3) is 5.91 Å². The first-order valence-corrected chi connectivity index (χ1v) is 6.93. The van der Waals surface area contributed by atoms with Crippen molar-refractivity contribution in [1.82, 2.24) is 0 Å². The molecule has 0 heterocycles. The Morgan fingerprint density at radius 3 is 2.43 bits per heavy atom. The zero-order valence-electron chi connectivity index (χ0n) is 12.3. The second-order valence-corrected chi connectivity index (χ2v) is 5.24. The van der Waals surface area contributed by atoms with Crippen LogP contribution in [0, 0.1) is 6.92 Å². The molecule has 0 saturated carbocycles. The van der Waals surface area contributed by atoms with Crippen molar-refractivity contribution < 1.29 is 22.7 Å². The highest BCUT2D eigenvalue weighted by Gasteiger charge is 2.33. The van der Waals surface area contributed by atoms with Crippen LogP contribution in [-0.2, 0) is 6.18 Å². The standard InChI is InChI=1S/C16H13ClF3NO2/c1-9-7-10(3-6-14(9)23-2)15(22)21-11-4-5-13(17)12(8-11)16(18,19)20/h3-8H,1-2H3,(H,21,22). The number of carbonyl (C=O) groups excluding carboxylic acids is 1. The van der Waals surface area contributed by atoms with Crippen molar-refractivity contribution in [3.05, 3.63) is 58.1 Å². The minimum Gasteiger partial charge on any atom is -0.496 e. The van der Waals surface area contributed by atoms with E-state index in [0.717, 1.165) is 17.7 Å². The van der Waals surface area contributed by atoms with E-state index in [-0.39, 0.29) is 5.69 Å². The van der Waals surface area contributed by atoms with Gasteiger partial charge in [0.15, 0.2) is 0 Å². The van der Waals surface area contributed by atoms with E-state index in [0.29, 0.717) is 11.3 Å². The maximum Gasteiger partial charge on any atom is 0.417 e. The molecule has 122 valence electrons. The lowest BCUT2D eigenvalue weighted by atomic mass is 10.1. The number of aryl methyl sites for hydroxylation is 1. The Kier molecular flexibility index (Phi) is 4.85. The van der Waals surface area contributed by atoms with Gasteiger partial charge in [-0.2, -0.15) is 13.2 Å². The van der Waals surface area contributed by atoms with Crippen LogP contribution in [0.3, 0.4) is 0 Å². The van der Waals surface area contributed by atoms with Crippen molar-refractivity contribution >= 4 is 23.2 Å². The topological polar surface area (TPSA) is 38.3 Å². The van der Waals surface area contributed by atoms with Gasteiger partial charge in [0, 0.05) is 11.3 Å². The van der Waals surface area contributed by atoms with Crippen molar-refractivity contribution in [2.45, 2.75) is 13.1 Å². The molecule has 0 bridgehead atoms. The summed E-state index contributed by atoms with van der Waals surface area (Å²) in [7, 11) is 1.51. The number of benzene rings is 2. The molecule has 0 aliphatic carbocycles. The van der Waals surface area contributed by atoms with E-state index in [9.17, 15) is 18.0 Å². The zero-order valence-corrected chi connectivity index (χ0v) is 13.0. The molecule has 0 aliphatic rings. The van der Waals surface area contributed by atoms with Gasteiger partial charge in [0.05, 0.1) is 17.7 Å². The third-order valence-electron chi connectivity index (χ3n) is 3.19. The lowest BCUT2D eigenvalue weighted by Crippen LogP contribution is -2.13. The Hall–Kier alpha value is -2.21. The lowest BCUT2D eigenvalue weighted by Gasteiger charge is -2.12. The van der Waals surface area contributed by atoms with E-state index in [1.807, 2.05) is 0 Å². The van der Waals surface area contributed by atoms with Crippen LogP contribution >= 0.6 is 11.6 Å². The maximum absolute atomic E-state index is 12.8. The lowest BCUT2D eigenvalue weighted by molar-refractivity contribution is -0.137. The molecule has 0 aliphatic heterocycles. The molecule has 3 nitrogen and oxygen atoms in total. The average Bonchev–Trinajstić information content (AvgIpc) is 2.48. The number of rotatable bonds is 3. The molecule has 0 spiro atoms. The SMILES string of the molecule is COc1ccc(C(=O)Nc2ccc(Cl)c(C(F)(F)F)c2)cc1C. The summed E-state index contributed by atoms with van der Waals surface area (Å²) in [6, 6.07) is 7.95. The fraction of sp³-hybridized carbons (Fsp3) is 0.188. The highest BCUT2D eigenvalue weighted by Crippen LogP contribution is 2.36. The second kappa shape index (κ2) is 6.50. The smallest absolute Gasteiger partial charge is 0.417 e. The molecule has 0 unspecified atom stereocenters. The van der Waals surface area contributed by atoms with Crippen molar-refractivity contribution in [1.29, 1.82) is 0 Å². The second-order valence-electron chi connectivity index (χ2n) is 4.83. The first-order valence-electron chi connectivity index (χ1n) is 6.55. The average molecular weight is 344 g/mol. The van der Waals surface area contributed by atoms with Crippen LogP contribution in [0.4, 0.5) is 18.9 Å². The van der Waals surface area contributed by atoms with Crippen LogP contribution in [0.25, 0.3) is 0 Å². The van der Waals surface area contributed by atoms with Gasteiger partial charge in [0.1, 0.15) is 5.75 Å². The van der Waals surface area contributed by atoms with Crippen molar-refractivity contribution in [3.8, 4) is 5.75 Å². The van der Waals surface area contributed by atoms with E-state index in [2.05, 4.69) is 5.32 Å². The molecule has 7 heteroatoms. The molecular weight excluding hydrogens is 331 g/mol.